The molecule has 1 aromatic heterocycles. The van der Waals surface area contributed by atoms with Crippen molar-refractivity contribution in [2.24, 2.45) is 0 Å². The van der Waals surface area contributed by atoms with Gasteiger partial charge in [0.1, 0.15) is 10.6 Å². The summed E-state index contributed by atoms with van der Waals surface area (Å²) in [7, 11) is -2.41. The molecule has 1 fully saturated rings. The van der Waals surface area contributed by atoms with Crippen LogP contribution in [0.5, 0.6) is 0 Å². The first-order valence-corrected chi connectivity index (χ1v) is 7.39. The van der Waals surface area contributed by atoms with E-state index >= 15 is 0 Å². The number of rotatable bonds is 5. The molecule has 0 spiro atoms. The summed E-state index contributed by atoms with van der Waals surface area (Å²) >= 11 is 0. The van der Waals surface area contributed by atoms with Crippen LogP contribution < -0.4 is 4.72 Å². The number of carbonyl (C=O) groups is 1. The molecule has 2 N–H and O–H groups in total. The lowest BCUT2D eigenvalue weighted by Gasteiger charge is -2.10. The molecule has 1 atom stereocenters. The smallest absolute Gasteiger partial charge is 0.354 e. The van der Waals surface area contributed by atoms with Gasteiger partial charge in [0.05, 0.1) is 13.2 Å². The Kier molecular flexibility index (Phi) is 4.23. The van der Waals surface area contributed by atoms with Crippen molar-refractivity contribution in [2.75, 3.05) is 20.3 Å². The molecule has 0 amide bonds. The zero-order valence-corrected chi connectivity index (χ0v) is 11.3. The molecule has 1 aromatic rings. The molecular formula is C11H16N2O5S. The second-order valence-electron chi connectivity index (χ2n) is 4.23. The van der Waals surface area contributed by atoms with Gasteiger partial charge in [-0.3, -0.25) is 0 Å². The van der Waals surface area contributed by atoms with Crippen LogP contribution in [0.2, 0.25) is 0 Å². The summed E-state index contributed by atoms with van der Waals surface area (Å²) in [5.74, 6) is -0.611. The highest BCUT2D eigenvalue weighted by Crippen LogP contribution is 2.14. The number of hydrogen-bond acceptors (Lipinski definition) is 5. The summed E-state index contributed by atoms with van der Waals surface area (Å²) < 4.78 is 36.2. The summed E-state index contributed by atoms with van der Waals surface area (Å²) in [6.07, 6.45) is 2.98. The van der Waals surface area contributed by atoms with Crippen molar-refractivity contribution in [3.8, 4) is 0 Å². The second kappa shape index (κ2) is 5.72. The summed E-state index contributed by atoms with van der Waals surface area (Å²) in [6, 6.07) is 1.24. The molecule has 2 rings (SSSR count). The van der Waals surface area contributed by atoms with Gasteiger partial charge in [0, 0.05) is 19.3 Å². The topological polar surface area (TPSA) is 97.5 Å². The number of aromatic amines is 1. The fourth-order valence-electron chi connectivity index (χ4n) is 1.85. The number of aromatic nitrogens is 1. The number of hydrogen-bond donors (Lipinski definition) is 2. The van der Waals surface area contributed by atoms with E-state index in [4.69, 9.17) is 4.74 Å². The molecule has 8 heteroatoms. The maximum atomic E-state index is 12.0. The van der Waals surface area contributed by atoms with Gasteiger partial charge in [-0.25, -0.2) is 17.9 Å². The van der Waals surface area contributed by atoms with Crippen LogP contribution in [-0.2, 0) is 19.5 Å². The molecule has 7 nitrogen and oxygen atoms in total. The van der Waals surface area contributed by atoms with Gasteiger partial charge < -0.3 is 14.5 Å². The zero-order valence-electron chi connectivity index (χ0n) is 10.5. The molecule has 0 unspecified atom stereocenters. The normalized spacial score (nSPS) is 19.5. The van der Waals surface area contributed by atoms with E-state index in [0.717, 1.165) is 12.8 Å². The van der Waals surface area contributed by atoms with Crippen LogP contribution in [0.15, 0.2) is 17.2 Å². The Bertz CT molecular complexity index is 545. The van der Waals surface area contributed by atoms with Gasteiger partial charge in [-0.05, 0) is 18.9 Å². The standard InChI is InChI=1S/C11H16N2O5S/c1-17-11(14)10-5-9(7-12-10)19(15,16)13-6-8-3-2-4-18-8/h5,7-8,12-13H,2-4,6H2,1H3/t8-/m1/s1. The summed E-state index contributed by atoms with van der Waals surface area (Å²) in [5.41, 5.74) is 0.0972. The van der Waals surface area contributed by atoms with E-state index in [-0.39, 0.29) is 23.2 Å². The molecule has 2 heterocycles. The summed E-state index contributed by atoms with van der Waals surface area (Å²) in [4.78, 5) is 13.8. The van der Waals surface area contributed by atoms with Gasteiger partial charge in [-0.2, -0.15) is 0 Å². The quantitative estimate of drug-likeness (QED) is 0.757. The maximum Gasteiger partial charge on any atom is 0.354 e. The molecule has 106 valence electrons. The predicted molar refractivity (Wildman–Crippen MR) is 66.3 cm³/mol. The Morgan fingerprint density at radius 2 is 2.42 bits per heavy atom. The highest BCUT2D eigenvalue weighted by Gasteiger charge is 2.22. The zero-order chi connectivity index (χ0) is 13.9. The maximum absolute atomic E-state index is 12.0. The lowest BCUT2D eigenvalue weighted by Crippen LogP contribution is -2.31. The molecule has 0 aromatic carbocycles. The Labute approximate surface area is 111 Å². The Morgan fingerprint density at radius 1 is 1.63 bits per heavy atom. The molecule has 1 aliphatic heterocycles. The Morgan fingerprint density at radius 3 is 3.05 bits per heavy atom. The third-order valence-electron chi connectivity index (χ3n) is 2.90. The van der Waals surface area contributed by atoms with E-state index in [1.54, 1.807) is 0 Å². The van der Waals surface area contributed by atoms with Crippen LogP contribution in [0.4, 0.5) is 0 Å². The van der Waals surface area contributed by atoms with Crippen LogP contribution in [0.25, 0.3) is 0 Å². The van der Waals surface area contributed by atoms with Gasteiger partial charge in [-0.15, -0.1) is 0 Å². The van der Waals surface area contributed by atoms with Gasteiger partial charge in [-0.1, -0.05) is 0 Å². The molecule has 0 saturated carbocycles. The number of H-pyrrole nitrogens is 1. The lowest BCUT2D eigenvalue weighted by atomic mass is 10.2. The molecular weight excluding hydrogens is 272 g/mol. The average Bonchev–Trinajstić information content (AvgIpc) is 3.06. The van der Waals surface area contributed by atoms with E-state index in [2.05, 4.69) is 14.4 Å². The second-order valence-corrected chi connectivity index (χ2v) is 5.99. The molecule has 1 saturated heterocycles. The minimum atomic E-state index is -3.64. The fourth-order valence-corrected chi connectivity index (χ4v) is 2.91. The van der Waals surface area contributed by atoms with Crippen molar-refractivity contribution in [1.82, 2.24) is 9.71 Å². The van der Waals surface area contributed by atoms with Crippen LogP contribution in [0.1, 0.15) is 23.3 Å². The number of nitrogens with one attached hydrogen (secondary N) is 2. The van der Waals surface area contributed by atoms with E-state index in [1.165, 1.54) is 19.4 Å². The van der Waals surface area contributed by atoms with E-state index in [1.807, 2.05) is 0 Å². The first-order chi connectivity index (χ1) is 9.03. The monoisotopic (exact) mass is 288 g/mol. The third-order valence-corrected chi connectivity index (χ3v) is 4.30. The number of methoxy groups -OCH3 is 1. The predicted octanol–water partition coefficient (Wildman–Crippen LogP) is 0.259. The Balaban J connectivity index is 2.02. The van der Waals surface area contributed by atoms with Crippen molar-refractivity contribution >= 4 is 16.0 Å². The minimum absolute atomic E-state index is 0.00546. The number of esters is 1. The van der Waals surface area contributed by atoms with Crippen LogP contribution >= 0.6 is 0 Å². The molecule has 0 bridgehead atoms. The van der Waals surface area contributed by atoms with Gasteiger partial charge in [0.25, 0.3) is 0 Å². The first-order valence-electron chi connectivity index (χ1n) is 5.91. The van der Waals surface area contributed by atoms with Crippen LogP contribution in [0, 0.1) is 0 Å². The van der Waals surface area contributed by atoms with Crippen molar-refractivity contribution in [3.63, 3.8) is 0 Å². The lowest BCUT2D eigenvalue weighted by molar-refractivity contribution is 0.0594. The van der Waals surface area contributed by atoms with Crippen molar-refractivity contribution in [1.29, 1.82) is 0 Å². The van der Waals surface area contributed by atoms with Gasteiger partial charge in [0.15, 0.2) is 0 Å². The van der Waals surface area contributed by atoms with E-state index in [0.29, 0.717) is 6.61 Å². The largest absolute Gasteiger partial charge is 0.464 e. The third kappa shape index (κ3) is 3.34. The van der Waals surface area contributed by atoms with Gasteiger partial charge >= 0.3 is 5.97 Å². The van der Waals surface area contributed by atoms with E-state index < -0.39 is 16.0 Å². The van der Waals surface area contributed by atoms with Crippen molar-refractivity contribution < 1.29 is 22.7 Å². The molecule has 0 radical (unpaired) electrons. The van der Waals surface area contributed by atoms with E-state index in [9.17, 15) is 13.2 Å². The van der Waals surface area contributed by atoms with Crippen molar-refractivity contribution in [2.45, 2.75) is 23.8 Å². The SMILES string of the molecule is COC(=O)c1cc(S(=O)(=O)NC[C@H]2CCCO2)c[nH]1. The van der Waals surface area contributed by atoms with Crippen molar-refractivity contribution in [3.05, 3.63) is 18.0 Å². The number of ether oxygens (including phenoxy) is 2. The van der Waals surface area contributed by atoms with Crippen LogP contribution in [-0.4, -0.2) is 45.7 Å². The fraction of sp³-hybridized carbons (Fsp3) is 0.545. The Hall–Kier alpha value is -1.38. The van der Waals surface area contributed by atoms with Gasteiger partial charge in [0.2, 0.25) is 10.0 Å². The number of carbonyl (C=O) groups excluding carboxylic acids is 1. The summed E-state index contributed by atoms with van der Waals surface area (Å²) in [5, 5.41) is 0. The first kappa shape index (κ1) is 14.0. The minimum Gasteiger partial charge on any atom is -0.464 e. The molecule has 1 aliphatic rings. The summed E-state index contributed by atoms with van der Waals surface area (Å²) in [6.45, 7) is 0.907. The molecule has 0 aliphatic carbocycles. The highest BCUT2D eigenvalue weighted by atomic mass is 32.2. The van der Waals surface area contributed by atoms with Crippen LogP contribution in [0.3, 0.4) is 0 Å². The number of sulfonamides is 1. The molecule has 19 heavy (non-hydrogen) atoms. The highest BCUT2D eigenvalue weighted by molar-refractivity contribution is 7.89. The average molecular weight is 288 g/mol.